The summed E-state index contributed by atoms with van der Waals surface area (Å²) in [5.74, 6) is 0.215. The minimum absolute atomic E-state index is 0.186. The Kier molecular flexibility index (Phi) is 3.45. The fraction of sp³-hybridized carbons (Fsp3) is 0.294. The van der Waals surface area contributed by atoms with E-state index >= 15 is 0 Å². The highest BCUT2D eigenvalue weighted by Crippen LogP contribution is 2.40. The summed E-state index contributed by atoms with van der Waals surface area (Å²) >= 11 is 0. The van der Waals surface area contributed by atoms with E-state index < -0.39 is 6.10 Å². The fourth-order valence-electron chi connectivity index (χ4n) is 2.59. The summed E-state index contributed by atoms with van der Waals surface area (Å²) in [6.07, 6.45) is 0.567. The van der Waals surface area contributed by atoms with Crippen molar-refractivity contribution in [2.45, 2.75) is 32.0 Å². The quantitative estimate of drug-likeness (QED) is 0.897. The predicted octanol–water partition coefficient (Wildman–Crippen LogP) is 3.95. The Hall–Kier alpha value is -1.87. The standard InChI is InChI=1S/C17H17FO2/c1-2-11-3-5-12(6-4-11)17-10-15(19)14-9-13(18)7-8-16(14)20-17/h3-9,15,17,19H,2,10H2,1H3. The van der Waals surface area contributed by atoms with Crippen LogP contribution in [0.2, 0.25) is 0 Å². The second-order valence-corrected chi connectivity index (χ2v) is 5.14. The third-order valence-corrected chi connectivity index (χ3v) is 3.80. The van der Waals surface area contributed by atoms with Gasteiger partial charge in [-0.3, -0.25) is 0 Å². The first-order chi connectivity index (χ1) is 9.67. The van der Waals surface area contributed by atoms with Crippen molar-refractivity contribution in [1.82, 2.24) is 0 Å². The highest BCUT2D eigenvalue weighted by molar-refractivity contribution is 5.39. The molecule has 2 nitrogen and oxygen atoms in total. The van der Waals surface area contributed by atoms with E-state index in [2.05, 4.69) is 19.1 Å². The minimum atomic E-state index is -0.690. The normalized spacial score (nSPS) is 21.1. The average molecular weight is 272 g/mol. The second-order valence-electron chi connectivity index (χ2n) is 5.14. The Labute approximate surface area is 117 Å². The van der Waals surface area contributed by atoms with Crippen LogP contribution in [0.3, 0.4) is 0 Å². The summed E-state index contributed by atoms with van der Waals surface area (Å²) in [6.45, 7) is 2.11. The van der Waals surface area contributed by atoms with E-state index in [1.54, 1.807) is 6.07 Å². The minimum Gasteiger partial charge on any atom is -0.485 e. The van der Waals surface area contributed by atoms with Crippen LogP contribution in [0.5, 0.6) is 5.75 Å². The first-order valence-electron chi connectivity index (χ1n) is 6.90. The Morgan fingerprint density at radius 3 is 2.65 bits per heavy atom. The SMILES string of the molecule is CCc1ccc(C2CC(O)c3cc(F)ccc3O2)cc1. The molecule has 3 rings (SSSR count). The Bertz CT molecular complexity index is 607. The van der Waals surface area contributed by atoms with Crippen molar-refractivity contribution in [3.8, 4) is 5.75 Å². The largest absolute Gasteiger partial charge is 0.485 e. The lowest BCUT2D eigenvalue weighted by Gasteiger charge is -2.30. The monoisotopic (exact) mass is 272 g/mol. The molecule has 2 unspecified atom stereocenters. The number of halogens is 1. The van der Waals surface area contributed by atoms with Gasteiger partial charge >= 0.3 is 0 Å². The molecular weight excluding hydrogens is 255 g/mol. The number of hydrogen-bond donors (Lipinski definition) is 1. The zero-order chi connectivity index (χ0) is 14.1. The van der Waals surface area contributed by atoms with E-state index in [1.165, 1.54) is 17.7 Å². The van der Waals surface area contributed by atoms with Crippen LogP contribution >= 0.6 is 0 Å². The number of aryl methyl sites for hydroxylation is 1. The van der Waals surface area contributed by atoms with Gasteiger partial charge in [-0.2, -0.15) is 0 Å². The molecule has 1 heterocycles. The molecule has 2 atom stereocenters. The summed E-state index contributed by atoms with van der Waals surface area (Å²) in [5, 5.41) is 10.2. The summed E-state index contributed by atoms with van der Waals surface area (Å²) in [6, 6.07) is 12.5. The van der Waals surface area contributed by atoms with Gasteiger partial charge in [0.2, 0.25) is 0 Å². The number of benzene rings is 2. The van der Waals surface area contributed by atoms with Crippen LogP contribution in [-0.2, 0) is 6.42 Å². The van der Waals surface area contributed by atoms with Crippen LogP contribution in [0, 0.1) is 5.82 Å². The number of aliphatic hydroxyl groups is 1. The third kappa shape index (κ3) is 2.41. The molecule has 20 heavy (non-hydrogen) atoms. The van der Waals surface area contributed by atoms with E-state index in [1.807, 2.05) is 12.1 Å². The first kappa shape index (κ1) is 13.1. The third-order valence-electron chi connectivity index (χ3n) is 3.80. The van der Waals surface area contributed by atoms with Gasteiger partial charge in [-0.15, -0.1) is 0 Å². The number of hydrogen-bond acceptors (Lipinski definition) is 2. The van der Waals surface area contributed by atoms with Crippen molar-refractivity contribution in [3.63, 3.8) is 0 Å². The van der Waals surface area contributed by atoms with E-state index in [4.69, 9.17) is 4.74 Å². The van der Waals surface area contributed by atoms with Crippen molar-refractivity contribution in [1.29, 1.82) is 0 Å². The number of ether oxygens (including phenoxy) is 1. The maximum atomic E-state index is 13.2. The van der Waals surface area contributed by atoms with Crippen LogP contribution in [-0.4, -0.2) is 5.11 Å². The molecule has 1 aliphatic rings. The topological polar surface area (TPSA) is 29.5 Å². The number of fused-ring (bicyclic) bond motifs is 1. The maximum absolute atomic E-state index is 13.2. The lowest BCUT2D eigenvalue weighted by Crippen LogP contribution is -2.19. The molecule has 1 N–H and O–H groups in total. The smallest absolute Gasteiger partial charge is 0.127 e. The highest BCUT2D eigenvalue weighted by atomic mass is 19.1. The zero-order valence-corrected chi connectivity index (χ0v) is 11.3. The lowest BCUT2D eigenvalue weighted by molar-refractivity contribution is 0.0653. The number of rotatable bonds is 2. The van der Waals surface area contributed by atoms with Gasteiger partial charge in [0, 0.05) is 12.0 Å². The summed E-state index contributed by atoms with van der Waals surface area (Å²) in [5.41, 5.74) is 2.84. The van der Waals surface area contributed by atoms with Crippen LogP contribution < -0.4 is 4.74 Å². The summed E-state index contributed by atoms with van der Waals surface area (Å²) in [7, 11) is 0. The number of aliphatic hydroxyl groups excluding tert-OH is 1. The molecule has 0 radical (unpaired) electrons. The molecule has 2 aromatic rings. The Balaban J connectivity index is 1.88. The summed E-state index contributed by atoms with van der Waals surface area (Å²) < 4.78 is 19.1. The Morgan fingerprint density at radius 2 is 1.95 bits per heavy atom. The van der Waals surface area contributed by atoms with Crippen molar-refractivity contribution < 1.29 is 14.2 Å². The molecule has 0 fully saturated rings. The van der Waals surface area contributed by atoms with Gasteiger partial charge in [0.1, 0.15) is 17.7 Å². The molecule has 3 heteroatoms. The molecule has 0 saturated heterocycles. The van der Waals surface area contributed by atoms with Gasteiger partial charge in [0.15, 0.2) is 0 Å². The van der Waals surface area contributed by atoms with E-state index in [0.717, 1.165) is 12.0 Å². The van der Waals surface area contributed by atoms with Gasteiger partial charge in [-0.05, 0) is 35.7 Å². The first-order valence-corrected chi connectivity index (χ1v) is 6.90. The molecule has 104 valence electrons. The van der Waals surface area contributed by atoms with E-state index in [9.17, 15) is 9.50 Å². The van der Waals surface area contributed by atoms with Crippen LogP contribution in [0.25, 0.3) is 0 Å². The zero-order valence-electron chi connectivity index (χ0n) is 11.3. The molecule has 1 aliphatic heterocycles. The van der Waals surface area contributed by atoms with E-state index in [0.29, 0.717) is 17.7 Å². The molecule has 0 aromatic heterocycles. The van der Waals surface area contributed by atoms with Gasteiger partial charge in [0.25, 0.3) is 0 Å². The van der Waals surface area contributed by atoms with Crippen molar-refractivity contribution in [2.24, 2.45) is 0 Å². The van der Waals surface area contributed by atoms with Crippen LogP contribution in [0.15, 0.2) is 42.5 Å². The molecule has 0 spiro atoms. The van der Waals surface area contributed by atoms with Crippen molar-refractivity contribution >= 4 is 0 Å². The van der Waals surface area contributed by atoms with Crippen LogP contribution in [0.1, 0.15) is 42.2 Å². The average Bonchev–Trinajstić information content (AvgIpc) is 2.48. The van der Waals surface area contributed by atoms with Gasteiger partial charge in [-0.1, -0.05) is 31.2 Å². The van der Waals surface area contributed by atoms with Crippen LogP contribution in [0.4, 0.5) is 4.39 Å². The molecule has 2 aromatic carbocycles. The van der Waals surface area contributed by atoms with Crippen molar-refractivity contribution in [2.75, 3.05) is 0 Å². The second kappa shape index (κ2) is 5.25. The fourth-order valence-corrected chi connectivity index (χ4v) is 2.59. The maximum Gasteiger partial charge on any atom is 0.127 e. The van der Waals surface area contributed by atoms with Gasteiger partial charge < -0.3 is 9.84 Å². The van der Waals surface area contributed by atoms with Gasteiger partial charge in [0.05, 0.1) is 6.10 Å². The summed E-state index contributed by atoms with van der Waals surface area (Å²) in [4.78, 5) is 0. The van der Waals surface area contributed by atoms with Crippen molar-refractivity contribution in [3.05, 3.63) is 65.0 Å². The molecule has 0 aliphatic carbocycles. The lowest BCUT2D eigenvalue weighted by atomic mass is 9.94. The van der Waals surface area contributed by atoms with Gasteiger partial charge in [-0.25, -0.2) is 4.39 Å². The van der Waals surface area contributed by atoms with E-state index in [-0.39, 0.29) is 11.9 Å². The predicted molar refractivity (Wildman–Crippen MR) is 75.2 cm³/mol. The highest BCUT2D eigenvalue weighted by Gasteiger charge is 2.28. The molecule has 0 bridgehead atoms. The Morgan fingerprint density at radius 1 is 1.20 bits per heavy atom. The molecule has 0 saturated carbocycles. The molecular formula is C17H17FO2. The molecule has 0 amide bonds.